The van der Waals surface area contributed by atoms with Gasteiger partial charge >= 0.3 is 5.97 Å². The van der Waals surface area contributed by atoms with Gasteiger partial charge in [0.1, 0.15) is 17.4 Å². The average molecular weight is 460 g/mol. The molecule has 0 bridgehead atoms. The van der Waals surface area contributed by atoms with Gasteiger partial charge < -0.3 is 14.8 Å². The number of benzene rings is 3. The second-order valence-electron chi connectivity index (χ2n) is 8.58. The van der Waals surface area contributed by atoms with Crippen LogP contribution in [0.3, 0.4) is 0 Å². The molecule has 0 unspecified atom stereocenters. The van der Waals surface area contributed by atoms with Crippen molar-refractivity contribution in [2.75, 3.05) is 19.0 Å². The van der Waals surface area contributed by atoms with Crippen molar-refractivity contribution in [2.45, 2.75) is 32.7 Å². The molecule has 0 radical (unpaired) electrons. The van der Waals surface area contributed by atoms with Crippen LogP contribution in [0, 0.1) is 19.7 Å². The maximum absolute atomic E-state index is 13.7. The molecule has 5 rings (SSSR count). The molecule has 2 heterocycles. The number of aryl methyl sites for hydroxylation is 1. The average Bonchev–Trinajstić information content (AvgIpc) is 3.37. The van der Waals surface area contributed by atoms with Crippen LogP contribution in [0.1, 0.15) is 34.9 Å². The van der Waals surface area contributed by atoms with Gasteiger partial charge in [-0.1, -0.05) is 18.2 Å². The van der Waals surface area contributed by atoms with E-state index in [4.69, 9.17) is 9.47 Å². The molecule has 34 heavy (non-hydrogen) atoms. The number of carbonyl (C=O) groups excluding carboxylic acids is 1. The quantitative estimate of drug-likeness (QED) is 0.390. The molecule has 1 N–H and O–H groups in total. The monoisotopic (exact) mass is 459 g/mol. The zero-order chi connectivity index (χ0) is 23.8. The lowest BCUT2D eigenvalue weighted by Gasteiger charge is -2.16. The zero-order valence-corrected chi connectivity index (χ0v) is 19.4. The highest BCUT2D eigenvalue weighted by Crippen LogP contribution is 2.38. The van der Waals surface area contributed by atoms with Gasteiger partial charge in [-0.05, 0) is 49.2 Å². The lowest BCUT2D eigenvalue weighted by molar-refractivity contribution is -0.141. The van der Waals surface area contributed by atoms with Crippen LogP contribution in [0.25, 0.3) is 16.7 Å². The molecule has 0 saturated carbocycles. The van der Waals surface area contributed by atoms with Gasteiger partial charge in [0, 0.05) is 35.8 Å². The molecule has 174 valence electrons. The van der Waals surface area contributed by atoms with Crippen molar-refractivity contribution in [2.24, 2.45) is 0 Å². The third-order valence-corrected chi connectivity index (χ3v) is 6.46. The summed E-state index contributed by atoms with van der Waals surface area (Å²) in [5, 5.41) is 3.48. The maximum Gasteiger partial charge on any atom is 0.306 e. The lowest BCUT2D eigenvalue weighted by atomic mass is 9.97. The molecular weight excluding hydrogens is 433 g/mol. The largest absolute Gasteiger partial charge is 0.493 e. The normalized spacial score (nSPS) is 14.6. The Balaban J connectivity index is 1.37. The first-order chi connectivity index (χ1) is 16.4. The minimum Gasteiger partial charge on any atom is -0.493 e. The van der Waals surface area contributed by atoms with E-state index in [1.807, 2.05) is 31.2 Å². The number of esters is 1. The number of nitrogens with one attached hydrogen (secondary N) is 1. The van der Waals surface area contributed by atoms with Gasteiger partial charge in [-0.25, -0.2) is 9.37 Å². The van der Waals surface area contributed by atoms with Crippen LogP contribution < -0.4 is 10.1 Å². The number of nitrogens with zero attached hydrogens (tertiary/aromatic N) is 2. The number of ether oxygens (including phenoxy) is 2. The molecule has 7 heteroatoms. The SMILES string of the molecule is COC(=O)C[C@@H]1COc2cc(NCc3cccc(-n4c(C)nc5cc(F)ccc54)c3C)ccc21. The molecule has 3 aromatic carbocycles. The van der Waals surface area contributed by atoms with Crippen LogP contribution in [0.5, 0.6) is 5.75 Å². The molecule has 0 aliphatic carbocycles. The van der Waals surface area contributed by atoms with Crippen LogP contribution in [-0.2, 0) is 16.1 Å². The summed E-state index contributed by atoms with van der Waals surface area (Å²) in [5.41, 5.74) is 6.79. The van der Waals surface area contributed by atoms with Crippen LogP contribution in [0.15, 0.2) is 54.6 Å². The molecule has 6 nitrogen and oxygen atoms in total. The van der Waals surface area contributed by atoms with Crippen molar-refractivity contribution in [3.63, 3.8) is 0 Å². The van der Waals surface area contributed by atoms with E-state index in [1.54, 1.807) is 6.07 Å². The summed E-state index contributed by atoms with van der Waals surface area (Å²) >= 11 is 0. The predicted octanol–water partition coefficient (Wildman–Crippen LogP) is 5.43. The van der Waals surface area contributed by atoms with Crippen LogP contribution >= 0.6 is 0 Å². The number of halogens is 1. The van der Waals surface area contributed by atoms with Crippen molar-refractivity contribution in [1.29, 1.82) is 0 Å². The van der Waals surface area contributed by atoms with E-state index in [0.717, 1.165) is 45.2 Å². The molecular formula is C27H26FN3O3. The maximum atomic E-state index is 13.7. The van der Waals surface area contributed by atoms with Gasteiger partial charge in [-0.2, -0.15) is 0 Å². The van der Waals surface area contributed by atoms with E-state index in [9.17, 15) is 9.18 Å². The fourth-order valence-corrected chi connectivity index (χ4v) is 4.62. The summed E-state index contributed by atoms with van der Waals surface area (Å²) in [4.78, 5) is 16.2. The molecule has 1 aromatic heterocycles. The molecule has 1 aliphatic rings. The van der Waals surface area contributed by atoms with Gasteiger partial charge in [0.15, 0.2) is 0 Å². The van der Waals surface area contributed by atoms with Crippen LogP contribution in [-0.4, -0.2) is 29.2 Å². The Bertz CT molecular complexity index is 1400. The Hall–Kier alpha value is -3.87. The molecule has 0 spiro atoms. The minimum atomic E-state index is -0.290. The number of methoxy groups -OCH3 is 1. The van der Waals surface area contributed by atoms with E-state index in [2.05, 4.69) is 33.9 Å². The Kier molecular flexibility index (Phi) is 5.69. The number of fused-ring (bicyclic) bond motifs is 2. The van der Waals surface area contributed by atoms with Crippen LogP contribution in [0.4, 0.5) is 10.1 Å². The fourth-order valence-electron chi connectivity index (χ4n) is 4.62. The number of imidazole rings is 1. The van der Waals surface area contributed by atoms with E-state index >= 15 is 0 Å². The van der Waals surface area contributed by atoms with Crippen molar-refractivity contribution in [1.82, 2.24) is 9.55 Å². The molecule has 1 atom stereocenters. The predicted molar refractivity (Wildman–Crippen MR) is 129 cm³/mol. The third-order valence-electron chi connectivity index (χ3n) is 6.46. The van der Waals surface area contributed by atoms with Crippen molar-refractivity contribution < 1.29 is 18.7 Å². The Labute approximate surface area is 197 Å². The highest BCUT2D eigenvalue weighted by Gasteiger charge is 2.27. The summed E-state index contributed by atoms with van der Waals surface area (Å²) in [5.74, 6) is 1.12. The first kappa shape index (κ1) is 21.9. The van der Waals surface area contributed by atoms with Crippen molar-refractivity contribution in [3.05, 3.63) is 82.9 Å². The number of anilines is 1. The van der Waals surface area contributed by atoms with Crippen molar-refractivity contribution in [3.8, 4) is 11.4 Å². The molecule has 0 fully saturated rings. The molecule has 1 aliphatic heterocycles. The third kappa shape index (κ3) is 3.98. The van der Waals surface area contributed by atoms with Gasteiger partial charge in [0.25, 0.3) is 0 Å². The summed E-state index contributed by atoms with van der Waals surface area (Å²) in [6.07, 6.45) is 0.317. The summed E-state index contributed by atoms with van der Waals surface area (Å²) in [6.45, 7) is 5.13. The Morgan fingerprint density at radius 3 is 2.88 bits per heavy atom. The van der Waals surface area contributed by atoms with Gasteiger partial charge in [-0.15, -0.1) is 0 Å². The molecule has 4 aromatic rings. The molecule has 0 amide bonds. The number of hydrogen-bond donors (Lipinski definition) is 1. The standard InChI is InChI=1S/C27H26FN3O3/c1-16-18(5-4-6-24(16)31-17(2)30-23-12-20(28)7-10-25(23)31)14-29-21-8-9-22-19(11-27(32)33-3)15-34-26(22)13-21/h4-10,12-13,19,29H,11,14-15H2,1-3H3/t19-/m1/s1. The molecule has 0 saturated heterocycles. The fraction of sp³-hybridized carbons (Fsp3) is 0.259. The highest BCUT2D eigenvalue weighted by atomic mass is 19.1. The summed E-state index contributed by atoms with van der Waals surface area (Å²) in [6, 6.07) is 16.9. The van der Waals surface area contributed by atoms with E-state index in [1.165, 1.54) is 19.2 Å². The number of carbonyl (C=O) groups is 1. The first-order valence-corrected chi connectivity index (χ1v) is 11.3. The van der Waals surface area contributed by atoms with E-state index < -0.39 is 0 Å². The van der Waals surface area contributed by atoms with Gasteiger partial charge in [0.05, 0.1) is 36.9 Å². The topological polar surface area (TPSA) is 65.4 Å². The number of aromatic nitrogens is 2. The highest BCUT2D eigenvalue weighted by molar-refractivity contribution is 5.79. The van der Waals surface area contributed by atoms with Gasteiger partial charge in [0.2, 0.25) is 0 Å². The van der Waals surface area contributed by atoms with Gasteiger partial charge in [-0.3, -0.25) is 9.36 Å². The minimum absolute atomic E-state index is 0.0251. The van der Waals surface area contributed by atoms with Crippen molar-refractivity contribution >= 4 is 22.7 Å². The first-order valence-electron chi connectivity index (χ1n) is 11.3. The van der Waals surface area contributed by atoms with Crippen LogP contribution in [0.2, 0.25) is 0 Å². The lowest BCUT2D eigenvalue weighted by Crippen LogP contribution is -2.09. The smallest absolute Gasteiger partial charge is 0.306 e. The Morgan fingerprint density at radius 2 is 2.06 bits per heavy atom. The summed E-state index contributed by atoms with van der Waals surface area (Å²) < 4.78 is 26.4. The second kappa shape index (κ2) is 8.82. The number of hydrogen-bond acceptors (Lipinski definition) is 5. The Morgan fingerprint density at radius 1 is 1.21 bits per heavy atom. The number of rotatable bonds is 6. The summed E-state index contributed by atoms with van der Waals surface area (Å²) in [7, 11) is 1.40. The second-order valence-corrected chi connectivity index (χ2v) is 8.58. The van der Waals surface area contributed by atoms with E-state index in [-0.39, 0.29) is 17.7 Å². The van der Waals surface area contributed by atoms with E-state index in [0.29, 0.717) is 25.1 Å². The zero-order valence-electron chi connectivity index (χ0n) is 19.4.